The summed E-state index contributed by atoms with van der Waals surface area (Å²) in [5, 5.41) is 10.5. The highest BCUT2D eigenvalue weighted by atomic mass is 32.2. The first-order valence-corrected chi connectivity index (χ1v) is 10.3. The molecule has 23 heavy (non-hydrogen) atoms. The predicted molar refractivity (Wildman–Crippen MR) is 86.6 cm³/mol. The van der Waals surface area contributed by atoms with Crippen molar-refractivity contribution < 1.29 is 18.3 Å². The van der Waals surface area contributed by atoms with Crippen LogP contribution < -0.4 is 5.73 Å². The van der Waals surface area contributed by atoms with Gasteiger partial charge in [-0.3, -0.25) is 14.6 Å². The maximum Gasteiger partial charge on any atom is 0.237 e. The Morgan fingerprint density at radius 1 is 1.22 bits per heavy atom. The zero-order valence-electron chi connectivity index (χ0n) is 13.5. The van der Waals surface area contributed by atoms with Crippen molar-refractivity contribution in [3.8, 4) is 0 Å². The number of aliphatic hydroxyl groups excluding tert-OH is 1. The molecule has 0 radical (unpaired) electrons. The van der Waals surface area contributed by atoms with Gasteiger partial charge in [0.25, 0.3) is 0 Å². The van der Waals surface area contributed by atoms with Crippen LogP contribution in [0.5, 0.6) is 0 Å². The number of primary amides is 1. The van der Waals surface area contributed by atoms with Gasteiger partial charge in [0.2, 0.25) is 5.91 Å². The van der Waals surface area contributed by atoms with Gasteiger partial charge in [-0.25, -0.2) is 8.42 Å². The second-order valence-corrected chi connectivity index (χ2v) is 9.54. The largest absolute Gasteiger partial charge is 0.390 e. The van der Waals surface area contributed by atoms with E-state index in [1.165, 1.54) is 0 Å². The zero-order valence-corrected chi connectivity index (χ0v) is 14.3. The number of aliphatic hydroxyl groups is 1. The van der Waals surface area contributed by atoms with E-state index in [1.807, 2.05) is 4.90 Å². The van der Waals surface area contributed by atoms with Gasteiger partial charge < -0.3 is 10.8 Å². The van der Waals surface area contributed by atoms with Crippen LogP contribution in [0, 0.1) is 0 Å². The van der Waals surface area contributed by atoms with Crippen LogP contribution in [-0.4, -0.2) is 84.6 Å². The summed E-state index contributed by atoms with van der Waals surface area (Å²) in [7, 11) is -2.90. The highest BCUT2D eigenvalue weighted by Crippen LogP contribution is 2.43. The number of hydrogen-bond donors (Lipinski definition) is 2. The van der Waals surface area contributed by atoms with Crippen molar-refractivity contribution in [3.05, 3.63) is 0 Å². The summed E-state index contributed by atoms with van der Waals surface area (Å²) in [5.74, 6) is 0.0603. The fourth-order valence-corrected chi connectivity index (χ4v) is 5.76. The van der Waals surface area contributed by atoms with E-state index < -0.39 is 21.5 Å². The number of carbonyl (C=O) groups excluding carboxylic acids is 1. The Morgan fingerprint density at radius 3 is 2.57 bits per heavy atom. The number of amides is 1. The number of fused-ring (bicyclic) bond motifs is 2. The van der Waals surface area contributed by atoms with Crippen LogP contribution in [0.25, 0.3) is 0 Å². The van der Waals surface area contributed by atoms with Crippen molar-refractivity contribution in [2.24, 2.45) is 5.73 Å². The summed E-state index contributed by atoms with van der Waals surface area (Å²) in [6, 6.07) is 0.340. The number of piperidine rings is 1. The molecule has 0 spiro atoms. The third-order valence-electron chi connectivity index (χ3n) is 5.78. The summed E-state index contributed by atoms with van der Waals surface area (Å²) in [6.45, 7) is 1.85. The second kappa shape index (κ2) is 6.31. The minimum Gasteiger partial charge on any atom is -0.390 e. The molecule has 8 heteroatoms. The van der Waals surface area contributed by atoms with Crippen LogP contribution >= 0.6 is 0 Å². The van der Waals surface area contributed by atoms with E-state index in [2.05, 4.69) is 4.90 Å². The first-order chi connectivity index (χ1) is 10.8. The molecular weight excluding hydrogens is 318 g/mol. The minimum absolute atomic E-state index is 0.164. The number of nitrogens with two attached hydrogens (primary N) is 1. The Hall–Kier alpha value is -0.700. The monoisotopic (exact) mass is 345 g/mol. The quantitative estimate of drug-likeness (QED) is 0.659. The first kappa shape index (κ1) is 17.1. The third-order valence-corrected chi connectivity index (χ3v) is 7.39. The van der Waals surface area contributed by atoms with E-state index in [0.717, 1.165) is 32.1 Å². The Morgan fingerprint density at radius 2 is 1.91 bits per heavy atom. The van der Waals surface area contributed by atoms with E-state index >= 15 is 0 Å². The van der Waals surface area contributed by atoms with E-state index in [-0.39, 0.29) is 17.4 Å². The van der Waals surface area contributed by atoms with Gasteiger partial charge in [0.1, 0.15) is 5.54 Å². The summed E-state index contributed by atoms with van der Waals surface area (Å²) in [4.78, 5) is 16.1. The van der Waals surface area contributed by atoms with Gasteiger partial charge in [-0.05, 0) is 32.1 Å². The molecule has 7 nitrogen and oxygen atoms in total. The smallest absolute Gasteiger partial charge is 0.237 e. The fraction of sp³-hybridized carbons (Fsp3) is 0.933. The Bertz CT molecular complexity index is 549. The normalized spacial score (nSPS) is 36.0. The van der Waals surface area contributed by atoms with Crippen molar-refractivity contribution >= 4 is 15.7 Å². The predicted octanol–water partition coefficient (Wildman–Crippen LogP) is -1.05. The molecule has 3 rings (SSSR count). The van der Waals surface area contributed by atoms with Gasteiger partial charge in [0.15, 0.2) is 9.84 Å². The van der Waals surface area contributed by atoms with E-state index in [9.17, 15) is 18.3 Å². The van der Waals surface area contributed by atoms with E-state index in [0.29, 0.717) is 32.2 Å². The maximum atomic E-state index is 12.0. The first-order valence-electron chi connectivity index (χ1n) is 8.50. The minimum atomic E-state index is -2.90. The number of sulfone groups is 1. The Kier molecular flexibility index (Phi) is 4.70. The SMILES string of the molecule is NC(=O)[C@]12CCC[C@H](CC1)N2CC(O)CN1CCS(=O)(=O)CC1. The van der Waals surface area contributed by atoms with Gasteiger partial charge in [-0.15, -0.1) is 0 Å². The van der Waals surface area contributed by atoms with Crippen LogP contribution in [0.4, 0.5) is 0 Å². The molecule has 0 aromatic rings. The number of carbonyl (C=O) groups is 1. The Labute approximate surface area is 137 Å². The molecule has 1 amide bonds. The van der Waals surface area contributed by atoms with Crippen LogP contribution in [0.15, 0.2) is 0 Å². The van der Waals surface area contributed by atoms with Crippen LogP contribution in [0.3, 0.4) is 0 Å². The number of hydrogen-bond acceptors (Lipinski definition) is 6. The van der Waals surface area contributed by atoms with Gasteiger partial charge in [0, 0.05) is 32.2 Å². The topological polar surface area (TPSA) is 104 Å². The van der Waals surface area contributed by atoms with Crippen LogP contribution in [-0.2, 0) is 14.6 Å². The molecule has 3 atom stereocenters. The molecule has 0 aromatic carbocycles. The molecule has 3 aliphatic heterocycles. The highest BCUT2D eigenvalue weighted by Gasteiger charge is 2.52. The molecule has 3 saturated heterocycles. The van der Waals surface area contributed by atoms with E-state index in [1.54, 1.807) is 0 Å². The highest BCUT2D eigenvalue weighted by molar-refractivity contribution is 7.91. The summed E-state index contributed by atoms with van der Waals surface area (Å²) >= 11 is 0. The standard InChI is InChI=1S/C15H27N3O4S/c16-14(20)15-4-1-2-12(3-5-15)18(15)11-13(19)10-17-6-8-23(21,22)9-7-17/h12-13,19H,1-11H2,(H2,16,20)/t12-,13?,15+/m1/s1. The molecular formula is C15H27N3O4S. The van der Waals surface area contributed by atoms with Gasteiger partial charge in [-0.1, -0.05) is 0 Å². The molecule has 3 fully saturated rings. The summed E-state index contributed by atoms with van der Waals surface area (Å²) < 4.78 is 22.9. The molecule has 0 saturated carbocycles. The van der Waals surface area contributed by atoms with Crippen molar-refractivity contribution in [2.75, 3.05) is 37.7 Å². The number of nitrogens with zero attached hydrogens (tertiary/aromatic N) is 2. The molecule has 0 aliphatic carbocycles. The molecule has 132 valence electrons. The van der Waals surface area contributed by atoms with Crippen molar-refractivity contribution in [2.45, 2.75) is 49.8 Å². The third kappa shape index (κ3) is 3.40. The number of rotatable bonds is 5. The molecule has 3 aliphatic rings. The van der Waals surface area contributed by atoms with Gasteiger partial charge >= 0.3 is 0 Å². The maximum absolute atomic E-state index is 12.0. The second-order valence-electron chi connectivity index (χ2n) is 7.24. The molecule has 0 aromatic heterocycles. The van der Waals surface area contributed by atoms with Crippen molar-refractivity contribution in [3.63, 3.8) is 0 Å². The zero-order chi connectivity index (χ0) is 16.7. The van der Waals surface area contributed by atoms with E-state index in [4.69, 9.17) is 5.73 Å². The van der Waals surface area contributed by atoms with Crippen LogP contribution in [0.2, 0.25) is 0 Å². The summed E-state index contributed by atoms with van der Waals surface area (Å²) in [6.07, 6.45) is 4.04. The molecule has 3 heterocycles. The summed E-state index contributed by atoms with van der Waals surface area (Å²) in [5.41, 5.74) is 5.11. The number of β-amino-alcohol motifs (C(OH)–C–C–N with tert-alkyl or cyclic N) is 1. The Balaban J connectivity index is 1.59. The average Bonchev–Trinajstić information content (AvgIpc) is 2.69. The van der Waals surface area contributed by atoms with Crippen molar-refractivity contribution in [1.29, 1.82) is 0 Å². The lowest BCUT2D eigenvalue weighted by molar-refractivity contribution is -0.132. The molecule has 2 bridgehead atoms. The average molecular weight is 345 g/mol. The fourth-order valence-electron chi connectivity index (χ4n) is 4.48. The lowest BCUT2D eigenvalue weighted by Gasteiger charge is -2.44. The molecule has 3 N–H and O–H groups in total. The van der Waals surface area contributed by atoms with Crippen LogP contribution in [0.1, 0.15) is 32.1 Å². The molecule has 1 unspecified atom stereocenters. The van der Waals surface area contributed by atoms with Gasteiger partial charge in [-0.2, -0.15) is 0 Å². The lowest BCUT2D eigenvalue weighted by atomic mass is 9.87. The van der Waals surface area contributed by atoms with Crippen molar-refractivity contribution in [1.82, 2.24) is 9.80 Å². The lowest BCUT2D eigenvalue weighted by Crippen LogP contribution is -2.60. The van der Waals surface area contributed by atoms with Gasteiger partial charge in [0.05, 0.1) is 17.6 Å².